The van der Waals surface area contributed by atoms with Crippen LogP contribution in [0, 0.1) is 11.8 Å². The van der Waals surface area contributed by atoms with Crippen molar-refractivity contribution in [2.45, 2.75) is 96.3 Å². The number of nitrogens with zero attached hydrogens (tertiary/aromatic N) is 5. The van der Waals surface area contributed by atoms with Gasteiger partial charge in [0.2, 0.25) is 23.6 Å². The molecule has 14 nitrogen and oxygen atoms in total. The quantitative estimate of drug-likeness (QED) is 0.0827. The highest BCUT2D eigenvalue weighted by molar-refractivity contribution is 6.30. The van der Waals surface area contributed by atoms with E-state index in [-0.39, 0.29) is 93.6 Å². The number of amidine groups is 1. The van der Waals surface area contributed by atoms with Gasteiger partial charge in [-0.25, -0.2) is 4.79 Å². The molecular formula is C54H57Cl2N7O7. The van der Waals surface area contributed by atoms with E-state index in [1.807, 2.05) is 73.7 Å². The van der Waals surface area contributed by atoms with Crippen LogP contribution in [-0.4, -0.2) is 106 Å². The number of piperidine rings is 1. The fourth-order valence-electron chi connectivity index (χ4n) is 9.34. The Morgan fingerprint density at radius 3 is 2.21 bits per heavy atom. The molecule has 4 aliphatic heterocycles. The Morgan fingerprint density at radius 2 is 1.54 bits per heavy atom. The fourth-order valence-corrected chi connectivity index (χ4v) is 9.59. The van der Waals surface area contributed by atoms with Crippen LogP contribution in [0.5, 0.6) is 5.75 Å². The third-order valence-electron chi connectivity index (χ3n) is 13.2. The third-order valence-corrected chi connectivity index (χ3v) is 13.7. The molecule has 0 aromatic heterocycles. The average molecular weight is 987 g/mol. The Morgan fingerprint density at radius 1 is 0.857 bits per heavy atom. The number of urea groups is 1. The molecule has 4 aromatic rings. The first-order valence-corrected chi connectivity index (χ1v) is 24.6. The Labute approximate surface area is 418 Å². The van der Waals surface area contributed by atoms with Crippen LogP contribution in [0.15, 0.2) is 89.9 Å². The zero-order valence-electron chi connectivity index (χ0n) is 39.9. The predicted molar refractivity (Wildman–Crippen MR) is 267 cm³/mol. The highest BCUT2D eigenvalue weighted by Gasteiger charge is 2.45. The lowest BCUT2D eigenvalue weighted by atomic mass is 9.86. The summed E-state index contributed by atoms with van der Waals surface area (Å²) < 4.78 is 6.27. The number of carbonyl (C=O) groups is 6. The zero-order chi connectivity index (χ0) is 49.7. The first-order valence-electron chi connectivity index (χ1n) is 23.9. The van der Waals surface area contributed by atoms with Crippen LogP contribution in [0.4, 0.5) is 4.79 Å². The molecule has 0 saturated carbocycles. The lowest BCUT2D eigenvalue weighted by Gasteiger charge is -2.39. The highest BCUT2D eigenvalue weighted by atomic mass is 35.5. The number of imide groups is 1. The van der Waals surface area contributed by atoms with Crippen LogP contribution in [0.2, 0.25) is 10.0 Å². The second-order valence-electron chi connectivity index (χ2n) is 18.9. The Bertz CT molecular complexity index is 2770. The van der Waals surface area contributed by atoms with E-state index in [9.17, 15) is 24.0 Å². The van der Waals surface area contributed by atoms with Crippen molar-refractivity contribution < 1.29 is 33.5 Å². The molecule has 0 bridgehead atoms. The van der Waals surface area contributed by atoms with E-state index in [0.717, 1.165) is 22.3 Å². The molecule has 0 aliphatic carbocycles. The number of ether oxygens (including phenoxy) is 1. The molecular weight excluding hydrogens is 930 g/mol. The molecule has 364 valence electrons. The van der Waals surface area contributed by atoms with Gasteiger partial charge in [0.1, 0.15) is 23.7 Å². The molecule has 2 fully saturated rings. The standard InChI is InChI=1S/C54H57Cl2N7O7/c1-5-70-44-31-37(54(2,3)4)19-24-41(44)50-59-48(35-15-20-38(55)21-16-35)49(36-17-22-39(56)23-18-36)63(50)53(69)61-29-27-60(28-30-61)47(66)32-57-45(64)14-9-7-6-8-11-34-12-10-13-40-42(34)33-62(52(40)68)43-25-26-46(65)58-51(43)67/h10,12-13,15-24,31,43,48-49H,5-7,9,14,25-30,32-33H2,1-4H3,(H,57,64)(H,58,65,67). The SMILES string of the molecule is CCOc1cc(C(C)(C)C)ccc1C1=NC(c2ccc(Cl)cc2)C(c2ccc(Cl)cc2)N1C(=O)N1CCN(C(=O)CNC(=O)CCCCC#Cc2cccc3c2CN(C2CCC(=O)NC2=O)C3=O)CC1. The first kappa shape index (κ1) is 49.7. The summed E-state index contributed by atoms with van der Waals surface area (Å²) in [6.07, 6.45) is 2.43. The van der Waals surface area contributed by atoms with E-state index < -0.39 is 24.0 Å². The van der Waals surface area contributed by atoms with Crippen molar-refractivity contribution >= 4 is 64.6 Å². The van der Waals surface area contributed by atoms with E-state index in [4.69, 9.17) is 32.9 Å². The van der Waals surface area contributed by atoms with Crippen LogP contribution in [0.1, 0.15) is 122 Å². The number of rotatable bonds is 12. The van der Waals surface area contributed by atoms with Gasteiger partial charge in [0.15, 0.2) is 0 Å². The molecule has 3 atom stereocenters. The van der Waals surface area contributed by atoms with Gasteiger partial charge in [-0.15, -0.1) is 0 Å². The predicted octanol–water partition coefficient (Wildman–Crippen LogP) is 7.99. The van der Waals surface area contributed by atoms with Gasteiger partial charge in [0, 0.05) is 73.2 Å². The number of carbonyl (C=O) groups excluding carboxylic acids is 6. The maximum absolute atomic E-state index is 15.1. The Kier molecular flexibility index (Phi) is 15.3. The smallest absolute Gasteiger partial charge is 0.326 e. The van der Waals surface area contributed by atoms with Gasteiger partial charge in [-0.2, -0.15) is 0 Å². The van der Waals surface area contributed by atoms with E-state index in [1.165, 1.54) is 4.90 Å². The molecule has 4 aliphatic rings. The number of fused-ring (bicyclic) bond motifs is 1. The number of aliphatic imine (C=N–C) groups is 1. The van der Waals surface area contributed by atoms with Crippen LogP contribution in [0.25, 0.3) is 0 Å². The lowest BCUT2D eigenvalue weighted by molar-refractivity contribution is -0.137. The van der Waals surface area contributed by atoms with Crippen molar-refractivity contribution in [3.8, 4) is 17.6 Å². The van der Waals surface area contributed by atoms with Gasteiger partial charge in [-0.05, 0) is 102 Å². The summed E-state index contributed by atoms with van der Waals surface area (Å²) >= 11 is 12.7. The monoisotopic (exact) mass is 985 g/mol. The van der Waals surface area contributed by atoms with Gasteiger partial charge >= 0.3 is 6.03 Å². The maximum Gasteiger partial charge on any atom is 0.326 e. The minimum atomic E-state index is -0.699. The minimum absolute atomic E-state index is 0.157. The molecule has 0 radical (unpaired) electrons. The largest absolute Gasteiger partial charge is 0.493 e. The maximum atomic E-state index is 15.1. The molecule has 2 N–H and O–H groups in total. The second kappa shape index (κ2) is 21.5. The van der Waals surface area contributed by atoms with E-state index in [2.05, 4.69) is 49.3 Å². The summed E-state index contributed by atoms with van der Waals surface area (Å²) in [4.78, 5) is 90.7. The molecule has 2 saturated heterocycles. The Balaban J connectivity index is 0.875. The van der Waals surface area contributed by atoms with Crippen LogP contribution in [0.3, 0.4) is 0 Å². The average Bonchev–Trinajstić information content (AvgIpc) is 3.90. The van der Waals surface area contributed by atoms with Crippen molar-refractivity contribution in [2.24, 2.45) is 4.99 Å². The number of halogens is 2. The number of amides is 7. The van der Waals surface area contributed by atoms with Crippen molar-refractivity contribution in [1.82, 2.24) is 30.2 Å². The topological polar surface area (TPSA) is 161 Å². The molecule has 4 heterocycles. The zero-order valence-corrected chi connectivity index (χ0v) is 41.4. The van der Waals surface area contributed by atoms with E-state index in [0.29, 0.717) is 64.2 Å². The van der Waals surface area contributed by atoms with E-state index >= 15 is 4.79 Å². The fraction of sp³-hybridized carbons (Fsp3) is 0.389. The number of hydrogen-bond donors (Lipinski definition) is 2. The normalized spacial score (nSPS) is 19.0. The molecule has 4 aromatic carbocycles. The molecule has 7 amide bonds. The number of unbranched alkanes of at least 4 members (excludes halogenated alkanes) is 2. The first-order chi connectivity index (χ1) is 33.6. The van der Waals surface area contributed by atoms with Gasteiger partial charge < -0.3 is 24.8 Å². The Hall–Kier alpha value is -6.69. The van der Waals surface area contributed by atoms with Gasteiger partial charge in [0.25, 0.3) is 5.91 Å². The second-order valence-corrected chi connectivity index (χ2v) is 19.7. The summed E-state index contributed by atoms with van der Waals surface area (Å²) in [6.45, 7) is 9.94. The van der Waals surface area contributed by atoms with Crippen molar-refractivity contribution in [2.75, 3.05) is 39.3 Å². The number of hydrogen-bond acceptors (Lipinski definition) is 8. The summed E-state index contributed by atoms with van der Waals surface area (Å²) in [5.74, 6) is 5.89. The molecule has 3 unspecified atom stereocenters. The van der Waals surface area contributed by atoms with Crippen LogP contribution in [-0.2, 0) is 31.1 Å². The summed E-state index contributed by atoms with van der Waals surface area (Å²) in [7, 11) is 0. The minimum Gasteiger partial charge on any atom is -0.493 e. The van der Waals surface area contributed by atoms with Gasteiger partial charge in [-0.3, -0.25) is 39.2 Å². The number of piperazine rings is 1. The van der Waals surface area contributed by atoms with Crippen molar-refractivity contribution in [3.63, 3.8) is 0 Å². The summed E-state index contributed by atoms with van der Waals surface area (Å²) in [5.41, 5.74) is 5.30. The molecule has 0 spiro atoms. The van der Waals surface area contributed by atoms with Crippen LogP contribution >= 0.6 is 23.2 Å². The van der Waals surface area contributed by atoms with E-state index in [1.54, 1.807) is 26.8 Å². The van der Waals surface area contributed by atoms with Crippen molar-refractivity contribution in [3.05, 3.63) is 134 Å². The van der Waals surface area contributed by atoms with Crippen molar-refractivity contribution in [1.29, 1.82) is 0 Å². The van der Waals surface area contributed by atoms with Crippen LogP contribution < -0.4 is 15.4 Å². The highest BCUT2D eigenvalue weighted by Crippen LogP contribution is 2.46. The van der Waals surface area contributed by atoms with Gasteiger partial charge in [-0.1, -0.05) is 92.2 Å². The lowest BCUT2D eigenvalue weighted by Crippen LogP contribution is -2.56. The number of nitrogens with one attached hydrogen (secondary N) is 2. The third kappa shape index (κ3) is 11.0. The summed E-state index contributed by atoms with van der Waals surface area (Å²) in [6, 6.07) is 24.3. The summed E-state index contributed by atoms with van der Waals surface area (Å²) in [5, 5.41) is 6.24. The molecule has 16 heteroatoms. The molecule has 70 heavy (non-hydrogen) atoms. The molecule has 8 rings (SSSR count). The van der Waals surface area contributed by atoms with Gasteiger partial charge in [0.05, 0.1) is 24.8 Å². The number of benzene rings is 4.